The van der Waals surface area contributed by atoms with Crippen molar-refractivity contribution >= 4 is 35.0 Å². The smallest absolute Gasteiger partial charge is 0.225 e. The number of ether oxygens (including phenoxy) is 1. The number of hydrogen-bond donors (Lipinski definition) is 1. The Bertz CT molecular complexity index is 647. The van der Waals surface area contributed by atoms with Crippen LogP contribution < -0.4 is 5.32 Å². The van der Waals surface area contributed by atoms with Gasteiger partial charge in [-0.25, -0.2) is 0 Å². The first-order chi connectivity index (χ1) is 12.0. The number of likely N-dealkylation sites (tertiary alicyclic amines) is 1. The summed E-state index contributed by atoms with van der Waals surface area (Å²) < 4.78 is 5.58. The van der Waals surface area contributed by atoms with E-state index in [9.17, 15) is 9.59 Å². The Hall–Kier alpha value is -1.30. The van der Waals surface area contributed by atoms with E-state index in [1.165, 1.54) is 0 Å². The van der Waals surface area contributed by atoms with Gasteiger partial charge in [0.2, 0.25) is 11.8 Å². The van der Waals surface area contributed by atoms with Crippen molar-refractivity contribution in [2.45, 2.75) is 31.8 Å². The predicted octanol–water partition coefficient (Wildman–Crippen LogP) is 2.68. The third kappa shape index (κ3) is 4.87. The molecule has 0 aliphatic carbocycles. The Labute approximate surface area is 157 Å². The maximum atomic E-state index is 12.3. The molecule has 136 valence electrons. The molecule has 2 unspecified atom stereocenters. The summed E-state index contributed by atoms with van der Waals surface area (Å²) in [6.07, 6.45) is 3.06. The van der Waals surface area contributed by atoms with Crippen LogP contribution in [0.4, 0.5) is 0 Å². The molecule has 1 aromatic carbocycles. The van der Waals surface area contributed by atoms with Crippen molar-refractivity contribution in [3.05, 3.63) is 33.8 Å². The van der Waals surface area contributed by atoms with Crippen LogP contribution in [0.15, 0.2) is 18.2 Å². The molecule has 0 radical (unpaired) electrons. The highest BCUT2D eigenvalue weighted by Gasteiger charge is 2.35. The standard InChI is InChI=1S/C18H22Cl2N2O3/c19-14-4-3-12(16(20)9-14)5-6-21-18(24)13-8-17(23)22(10-13)11-15-2-1-7-25-15/h3-4,9,13,15H,1-2,5-8,10-11H2,(H,21,24). The van der Waals surface area contributed by atoms with Crippen molar-refractivity contribution in [2.24, 2.45) is 5.92 Å². The molecule has 0 bridgehead atoms. The Balaban J connectivity index is 1.44. The number of halogens is 2. The van der Waals surface area contributed by atoms with Crippen molar-refractivity contribution in [2.75, 3.05) is 26.2 Å². The zero-order valence-corrected chi connectivity index (χ0v) is 15.5. The summed E-state index contributed by atoms with van der Waals surface area (Å²) in [7, 11) is 0. The minimum absolute atomic E-state index is 0.0383. The fourth-order valence-corrected chi connectivity index (χ4v) is 3.85. The zero-order chi connectivity index (χ0) is 17.8. The second-order valence-electron chi connectivity index (χ2n) is 6.61. The van der Waals surface area contributed by atoms with Gasteiger partial charge < -0.3 is 15.0 Å². The number of rotatable bonds is 6. The summed E-state index contributed by atoms with van der Waals surface area (Å²) in [5.41, 5.74) is 0.939. The Morgan fingerprint density at radius 3 is 2.92 bits per heavy atom. The lowest BCUT2D eigenvalue weighted by atomic mass is 10.1. The van der Waals surface area contributed by atoms with Crippen molar-refractivity contribution in [1.29, 1.82) is 0 Å². The van der Waals surface area contributed by atoms with Gasteiger partial charge in [0.1, 0.15) is 0 Å². The van der Waals surface area contributed by atoms with Crippen LogP contribution in [0.5, 0.6) is 0 Å². The van der Waals surface area contributed by atoms with Crippen LogP contribution in [-0.4, -0.2) is 49.1 Å². The highest BCUT2D eigenvalue weighted by Crippen LogP contribution is 2.23. The molecule has 2 amide bonds. The van der Waals surface area contributed by atoms with E-state index in [1.807, 2.05) is 6.07 Å². The predicted molar refractivity (Wildman–Crippen MR) is 96.8 cm³/mol. The van der Waals surface area contributed by atoms with E-state index in [0.29, 0.717) is 36.1 Å². The maximum absolute atomic E-state index is 12.3. The van der Waals surface area contributed by atoms with Gasteiger partial charge in [-0.3, -0.25) is 9.59 Å². The topological polar surface area (TPSA) is 58.6 Å². The summed E-state index contributed by atoms with van der Waals surface area (Å²) in [6.45, 7) is 2.33. The van der Waals surface area contributed by atoms with E-state index >= 15 is 0 Å². The number of nitrogens with zero attached hydrogens (tertiary/aromatic N) is 1. The molecule has 0 spiro atoms. The van der Waals surface area contributed by atoms with E-state index in [2.05, 4.69) is 5.32 Å². The average molecular weight is 385 g/mol. The Morgan fingerprint density at radius 2 is 2.20 bits per heavy atom. The summed E-state index contributed by atoms with van der Waals surface area (Å²) in [5, 5.41) is 4.10. The summed E-state index contributed by atoms with van der Waals surface area (Å²) in [6, 6.07) is 5.33. The minimum atomic E-state index is -0.283. The zero-order valence-electron chi connectivity index (χ0n) is 14.0. The first-order valence-corrected chi connectivity index (χ1v) is 9.39. The highest BCUT2D eigenvalue weighted by atomic mass is 35.5. The van der Waals surface area contributed by atoms with Crippen LogP contribution in [0.3, 0.4) is 0 Å². The first-order valence-electron chi connectivity index (χ1n) is 8.64. The molecule has 1 N–H and O–H groups in total. The lowest BCUT2D eigenvalue weighted by Crippen LogP contribution is -2.36. The molecule has 7 heteroatoms. The van der Waals surface area contributed by atoms with E-state index in [0.717, 1.165) is 25.0 Å². The van der Waals surface area contributed by atoms with Gasteiger partial charge >= 0.3 is 0 Å². The molecule has 2 heterocycles. The number of hydrogen-bond acceptors (Lipinski definition) is 3. The molecule has 2 saturated heterocycles. The highest BCUT2D eigenvalue weighted by molar-refractivity contribution is 6.35. The fourth-order valence-electron chi connectivity index (χ4n) is 3.35. The van der Waals surface area contributed by atoms with Crippen molar-refractivity contribution in [3.63, 3.8) is 0 Å². The average Bonchev–Trinajstić information content (AvgIpc) is 3.20. The summed E-state index contributed by atoms with van der Waals surface area (Å²) >= 11 is 12.0. The van der Waals surface area contributed by atoms with Gasteiger partial charge in [0.25, 0.3) is 0 Å². The molecule has 2 aliphatic rings. The summed E-state index contributed by atoms with van der Waals surface area (Å²) in [5.74, 6) is -0.320. The third-order valence-corrected chi connectivity index (χ3v) is 5.33. The van der Waals surface area contributed by atoms with Gasteiger partial charge in [-0.2, -0.15) is 0 Å². The summed E-state index contributed by atoms with van der Waals surface area (Å²) in [4.78, 5) is 26.2. The third-order valence-electron chi connectivity index (χ3n) is 4.74. The molecular formula is C18H22Cl2N2O3. The van der Waals surface area contributed by atoms with E-state index in [-0.39, 0.29) is 30.3 Å². The molecule has 0 aromatic heterocycles. The monoisotopic (exact) mass is 384 g/mol. The van der Waals surface area contributed by atoms with Gasteiger partial charge in [-0.15, -0.1) is 0 Å². The first kappa shape index (κ1) is 18.5. The number of amides is 2. The van der Waals surface area contributed by atoms with Gasteiger partial charge in [0.05, 0.1) is 12.0 Å². The van der Waals surface area contributed by atoms with E-state index in [4.69, 9.17) is 27.9 Å². The van der Waals surface area contributed by atoms with Gasteiger partial charge in [-0.05, 0) is 37.0 Å². The fraction of sp³-hybridized carbons (Fsp3) is 0.556. The van der Waals surface area contributed by atoms with E-state index < -0.39 is 0 Å². The Kier molecular flexibility index (Phi) is 6.20. The van der Waals surface area contributed by atoms with Gasteiger partial charge in [0.15, 0.2) is 0 Å². The molecule has 3 rings (SSSR count). The largest absolute Gasteiger partial charge is 0.376 e. The second-order valence-corrected chi connectivity index (χ2v) is 7.46. The van der Waals surface area contributed by atoms with Crippen LogP contribution in [0.25, 0.3) is 0 Å². The molecule has 0 saturated carbocycles. The van der Waals surface area contributed by atoms with Crippen LogP contribution in [0, 0.1) is 5.92 Å². The van der Waals surface area contributed by atoms with Gasteiger partial charge in [0, 0.05) is 42.7 Å². The molecule has 5 nitrogen and oxygen atoms in total. The maximum Gasteiger partial charge on any atom is 0.225 e. The normalized spacial score (nSPS) is 23.3. The Morgan fingerprint density at radius 1 is 1.36 bits per heavy atom. The quantitative estimate of drug-likeness (QED) is 0.819. The minimum Gasteiger partial charge on any atom is -0.376 e. The van der Waals surface area contributed by atoms with Gasteiger partial charge in [-0.1, -0.05) is 29.3 Å². The SMILES string of the molecule is O=C(NCCc1ccc(Cl)cc1Cl)C1CC(=O)N(CC2CCCO2)C1. The van der Waals surface area contributed by atoms with Crippen molar-refractivity contribution in [1.82, 2.24) is 10.2 Å². The number of nitrogens with one attached hydrogen (secondary N) is 1. The molecule has 2 atom stereocenters. The van der Waals surface area contributed by atoms with E-state index in [1.54, 1.807) is 17.0 Å². The molecule has 1 aromatic rings. The number of carbonyl (C=O) groups excluding carboxylic acids is 2. The lowest BCUT2D eigenvalue weighted by molar-refractivity contribution is -0.129. The van der Waals surface area contributed by atoms with Crippen LogP contribution in [0.2, 0.25) is 10.0 Å². The lowest BCUT2D eigenvalue weighted by Gasteiger charge is -2.20. The molecule has 2 aliphatic heterocycles. The van der Waals surface area contributed by atoms with Crippen LogP contribution in [-0.2, 0) is 20.7 Å². The number of carbonyl (C=O) groups is 2. The molecular weight excluding hydrogens is 363 g/mol. The van der Waals surface area contributed by atoms with Crippen molar-refractivity contribution in [3.8, 4) is 0 Å². The molecule has 25 heavy (non-hydrogen) atoms. The second kappa shape index (κ2) is 8.39. The van der Waals surface area contributed by atoms with Crippen LogP contribution in [0.1, 0.15) is 24.8 Å². The van der Waals surface area contributed by atoms with Crippen LogP contribution >= 0.6 is 23.2 Å². The number of benzene rings is 1. The van der Waals surface area contributed by atoms with Crippen molar-refractivity contribution < 1.29 is 14.3 Å². The molecule has 2 fully saturated rings.